The van der Waals surface area contributed by atoms with Gasteiger partial charge in [-0.3, -0.25) is 0 Å². The van der Waals surface area contributed by atoms with Crippen molar-refractivity contribution in [3.05, 3.63) is 12.2 Å². The molecule has 0 bridgehead atoms. The Labute approximate surface area is 61.3 Å². The van der Waals surface area contributed by atoms with Crippen molar-refractivity contribution >= 4 is 0 Å². The fourth-order valence-electron chi connectivity index (χ4n) is 0.430. The topological polar surface area (TPSA) is 38.7 Å². The number of aliphatic hydroxyl groups excluding tert-OH is 1. The van der Waals surface area contributed by atoms with Crippen molar-refractivity contribution in [3.8, 4) is 0 Å². The molecule has 0 aliphatic carbocycles. The molecule has 0 rings (SSSR count). The molecule has 0 aliphatic heterocycles. The Hall–Kier alpha value is -0.380. The summed E-state index contributed by atoms with van der Waals surface area (Å²) in [7, 11) is 1.49. The fourth-order valence-corrected chi connectivity index (χ4v) is 0.430. The van der Waals surface area contributed by atoms with Crippen LogP contribution in [0, 0.1) is 0 Å². The first kappa shape index (κ1) is 9.62. The van der Waals surface area contributed by atoms with E-state index in [-0.39, 0.29) is 6.61 Å². The molecular weight excluding hydrogens is 132 g/mol. The maximum Gasteiger partial charge on any atom is 0.180 e. The standard InChI is InChI=1S/C7H14O3/c1-6(2)5-10-7(4-8)9-3/h7-8H,1,4-5H2,2-3H3. The molecule has 10 heavy (non-hydrogen) atoms. The van der Waals surface area contributed by atoms with Crippen LogP contribution in [0.2, 0.25) is 0 Å². The molecule has 0 saturated carbocycles. The molecule has 1 N–H and O–H groups in total. The van der Waals surface area contributed by atoms with Gasteiger partial charge in [-0.1, -0.05) is 12.2 Å². The molecule has 0 aromatic heterocycles. The number of rotatable bonds is 5. The molecule has 1 unspecified atom stereocenters. The van der Waals surface area contributed by atoms with E-state index in [0.717, 1.165) is 5.57 Å². The quantitative estimate of drug-likeness (QED) is 0.454. The summed E-state index contributed by atoms with van der Waals surface area (Å²) < 4.78 is 9.77. The van der Waals surface area contributed by atoms with Gasteiger partial charge in [0, 0.05) is 7.11 Å². The molecule has 0 saturated heterocycles. The Morgan fingerprint density at radius 2 is 2.30 bits per heavy atom. The van der Waals surface area contributed by atoms with E-state index in [1.165, 1.54) is 7.11 Å². The molecule has 60 valence electrons. The van der Waals surface area contributed by atoms with Crippen LogP contribution in [0.4, 0.5) is 0 Å². The lowest BCUT2D eigenvalue weighted by atomic mass is 10.4. The van der Waals surface area contributed by atoms with Gasteiger partial charge in [0.2, 0.25) is 0 Å². The van der Waals surface area contributed by atoms with E-state index in [9.17, 15) is 0 Å². The highest BCUT2D eigenvalue weighted by Crippen LogP contribution is 1.95. The fraction of sp³-hybridized carbons (Fsp3) is 0.714. The second-order valence-corrected chi connectivity index (χ2v) is 2.12. The predicted molar refractivity (Wildman–Crippen MR) is 38.6 cm³/mol. The summed E-state index contributed by atoms with van der Waals surface area (Å²) in [6.07, 6.45) is -0.517. The van der Waals surface area contributed by atoms with Gasteiger partial charge in [0.05, 0.1) is 13.2 Å². The van der Waals surface area contributed by atoms with Crippen molar-refractivity contribution in [2.24, 2.45) is 0 Å². The van der Waals surface area contributed by atoms with Crippen LogP contribution in [0.15, 0.2) is 12.2 Å². The highest BCUT2D eigenvalue weighted by molar-refractivity contribution is 4.87. The van der Waals surface area contributed by atoms with Gasteiger partial charge < -0.3 is 14.6 Å². The molecule has 0 radical (unpaired) electrons. The van der Waals surface area contributed by atoms with Crippen molar-refractivity contribution in [2.75, 3.05) is 20.3 Å². The van der Waals surface area contributed by atoms with Gasteiger partial charge in [0.25, 0.3) is 0 Å². The SMILES string of the molecule is C=C(C)COC(CO)OC. The van der Waals surface area contributed by atoms with Crippen LogP contribution in [-0.4, -0.2) is 31.7 Å². The number of methoxy groups -OCH3 is 1. The zero-order valence-electron chi connectivity index (χ0n) is 6.46. The van der Waals surface area contributed by atoms with Crippen molar-refractivity contribution in [2.45, 2.75) is 13.2 Å². The molecule has 0 aromatic rings. The minimum absolute atomic E-state index is 0.121. The van der Waals surface area contributed by atoms with E-state index in [0.29, 0.717) is 6.61 Å². The summed E-state index contributed by atoms with van der Waals surface area (Å²) in [5.41, 5.74) is 0.913. The van der Waals surface area contributed by atoms with E-state index >= 15 is 0 Å². The minimum atomic E-state index is -0.517. The summed E-state index contributed by atoms with van der Waals surface area (Å²) >= 11 is 0. The van der Waals surface area contributed by atoms with Crippen molar-refractivity contribution < 1.29 is 14.6 Å². The number of hydrogen-bond donors (Lipinski definition) is 1. The Morgan fingerprint density at radius 1 is 1.70 bits per heavy atom. The van der Waals surface area contributed by atoms with E-state index in [1.807, 2.05) is 6.92 Å². The molecule has 0 heterocycles. The average Bonchev–Trinajstić information content (AvgIpc) is 1.90. The number of aliphatic hydroxyl groups is 1. The van der Waals surface area contributed by atoms with E-state index in [1.54, 1.807) is 0 Å². The second-order valence-electron chi connectivity index (χ2n) is 2.12. The maximum atomic E-state index is 8.56. The zero-order chi connectivity index (χ0) is 7.98. The van der Waals surface area contributed by atoms with Crippen LogP contribution in [0.1, 0.15) is 6.92 Å². The van der Waals surface area contributed by atoms with E-state index in [4.69, 9.17) is 14.6 Å². The summed E-state index contributed by atoms with van der Waals surface area (Å²) in [5.74, 6) is 0. The zero-order valence-corrected chi connectivity index (χ0v) is 6.46. The largest absolute Gasteiger partial charge is 0.391 e. The average molecular weight is 146 g/mol. The van der Waals surface area contributed by atoms with Crippen molar-refractivity contribution in [1.82, 2.24) is 0 Å². The lowest BCUT2D eigenvalue weighted by Gasteiger charge is -2.12. The van der Waals surface area contributed by atoms with Crippen LogP contribution in [0.25, 0.3) is 0 Å². The van der Waals surface area contributed by atoms with Crippen LogP contribution in [-0.2, 0) is 9.47 Å². The number of hydrogen-bond acceptors (Lipinski definition) is 3. The van der Waals surface area contributed by atoms with Crippen LogP contribution in [0.3, 0.4) is 0 Å². The molecule has 0 fully saturated rings. The maximum absolute atomic E-state index is 8.56. The van der Waals surface area contributed by atoms with Gasteiger partial charge in [-0.15, -0.1) is 0 Å². The molecule has 0 aromatic carbocycles. The van der Waals surface area contributed by atoms with Crippen molar-refractivity contribution in [3.63, 3.8) is 0 Å². The summed E-state index contributed by atoms with van der Waals surface area (Å²) in [5, 5.41) is 8.56. The first-order chi connectivity index (χ1) is 4.70. The van der Waals surface area contributed by atoms with Crippen molar-refractivity contribution in [1.29, 1.82) is 0 Å². The lowest BCUT2D eigenvalue weighted by molar-refractivity contribution is -0.139. The summed E-state index contributed by atoms with van der Waals surface area (Å²) in [4.78, 5) is 0. The van der Waals surface area contributed by atoms with Gasteiger partial charge in [-0.05, 0) is 6.92 Å². The Balaban J connectivity index is 3.34. The summed E-state index contributed by atoms with van der Waals surface area (Å²) in [6, 6.07) is 0. The Kier molecular flexibility index (Phi) is 5.20. The normalized spacial score (nSPS) is 13.1. The minimum Gasteiger partial charge on any atom is -0.391 e. The molecule has 1 atom stereocenters. The monoisotopic (exact) mass is 146 g/mol. The third kappa shape index (κ3) is 4.49. The third-order valence-corrected chi connectivity index (χ3v) is 0.928. The third-order valence-electron chi connectivity index (χ3n) is 0.928. The van der Waals surface area contributed by atoms with Gasteiger partial charge in [-0.2, -0.15) is 0 Å². The Bertz CT molecular complexity index is 97.0. The Morgan fingerprint density at radius 3 is 2.60 bits per heavy atom. The predicted octanol–water partition coefficient (Wildman–Crippen LogP) is 0.544. The van der Waals surface area contributed by atoms with Gasteiger partial charge >= 0.3 is 0 Å². The molecular formula is C7H14O3. The first-order valence-electron chi connectivity index (χ1n) is 3.10. The van der Waals surface area contributed by atoms with Gasteiger partial charge in [-0.25, -0.2) is 0 Å². The number of ether oxygens (including phenoxy) is 2. The molecule has 0 spiro atoms. The lowest BCUT2D eigenvalue weighted by Crippen LogP contribution is -2.20. The second kappa shape index (κ2) is 5.41. The highest BCUT2D eigenvalue weighted by Gasteiger charge is 2.03. The van der Waals surface area contributed by atoms with Crippen LogP contribution in [0.5, 0.6) is 0 Å². The molecule has 0 amide bonds. The molecule has 3 heteroatoms. The smallest absolute Gasteiger partial charge is 0.180 e. The molecule has 3 nitrogen and oxygen atoms in total. The highest BCUT2D eigenvalue weighted by atomic mass is 16.7. The molecule has 0 aliphatic rings. The summed E-state index contributed by atoms with van der Waals surface area (Å²) in [6.45, 7) is 5.79. The van der Waals surface area contributed by atoms with E-state index in [2.05, 4.69) is 6.58 Å². The van der Waals surface area contributed by atoms with Crippen LogP contribution < -0.4 is 0 Å². The van der Waals surface area contributed by atoms with Gasteiger partial charge in [0.1, 0.15) is 0 Å². The van der Waals surface area contributed by atoms with Crippen LogP contribution >= 0.6 is 0 Å². The van der Waals surface area contributed by atoms with Gasteiger partial charge in [0.15, 0.2) is 6.29 Å². The first-order valence-corrected chi connectivity index (χ1v) is 3.10. The van der Waals surface area contributed by atoms with E-state index < -0.39 is 6.29 Å².